The SMILES string of the molecule is CCCCC(CN)NC(=O)c1cncc(-c2ccc(C)cc2)c1.Cl.Cl. The first-order chi connectivity index (χ1) is 11.1. The van der Waals surface area contributed by atoms with Gasteiger partial charge in [-0.05, 0) is 25.0 Å². The van der Waals surface area contributed by atoms with Crippen molar-refractivity contribution in [2.24, 2.45) is 5.73 Å². The standard InChI is InChI=1S/C19H25N3O.2ClH/c1-3-4-5-18(11-20)22-19(23)17-10-16(12-21-13-17)15-8-6-14(2)7-9-15;;/h6-10,12-13,18H,3-5,11,20H2,1-2H3,(H,22,23);2*1H. The topological polar surface area (TPSA) is 68.0 Å². The maximum atomic E-state index is 12.4. The van der Waals surface area contributed by atoms with E-state index in [1.807, 2.05) is 18.2 Å². The van der Waals surface area contributed by atoms with Gasteiger partial charge in [0.05, 0.1) is 5.56 Å². The van der Waals surface area contributed by atoms with Crippen LogP contribution in [0.5, 0.6) is 0 Å². The number of carbonyl (C=O) groups is 1. The summed E-state index contributed by atoms with van der Waals surface area (Å²) in [6, 6.07) is 10.1. The Morgan fingerprint density at radius 2 is 1.84 bits per heavy atom. The molecule has 1 aromatic heterocycles. The molecule has 0 radical (unpaired) electrons. The molecule has 0 aliphatic heterocycles. The van der Waals surface area contributed by atoms with Gasteiger partial charge in [0.15, 0.2) is 0 Å². The van der Waals surface area contributed by atoms with E-state index in [1.165, 1.54) is 5.56 Å². The molecule has 1 amide bonds. The highest BCUT2D eigenvalue weighted by atomic mass is 35.5. The number of benzene rings is 1. The zero-order valence-corrected chi connectivity index (χ0v) is 16.3. The summed E-state index contributed by atoms with van der Waals surface area (Å²) in [7, 11) is 0. The average molecular weight is 384 g/mol. The van der Waals surface area contributed by atoms with Crippen molar-refractivity contribution in [1.29, 1.82) is 0 Å². The third-order valence-corrected chi connectivity index (χ3v) is 3.91. The van der Waals surface area contributed by atoms with Crippen molar-refractivity contribution >= 4 is 30.7 Å². The van der Waals surface area contributed by atoms with Gasteiger partial charge in [0.2, 0.25) is 0 Å². The van der Waals surface area contributed by atoms with Crippen molar-refractivity contribution in [3.63, 3.8) is 0 Å². The Morgan fingerprint density at radius 3 is 2.44 bits per heavy atom. The first-order valence-electron chi connectivity index (χ1n) is 8.17. The van der Waals surface area contributed by atoms with Crippen molar-refractivity contribution in [1.82, 2.24) is 10.3 Å². The number of carbonyl (C=O) groups excluding carboxylic acids is 1. The molecule has 2 rings (SSSR count). The van der Waals surface area contributed by atoms with Crippen LogP contribution in [0.25, 0.3) is 11.1 Å². The zero-order chi connectivity index (χ0) is 16.7. The van der Waals surface area contributed by atoms with Crippen LogP contribution in [0.4, 0.5) is 0 Å². The summed E-state index contributed by atoms with van der Waals surface area (Å²) in [6.45, 7) is 4.64. The monoisotopic (exact) mass is 383 g/mol. The van der Waals surface area contributed by atoms with Crippen LogP contribution in [0.3, 0.4) is 0 Å². The molecule has 1 unspecified atom stereocenters. The van der Waals surface area contributed by atoms with Crippen molar-refractivity contribution < 1.29 is 4.79 Å². The van der Waals surface area contributed by atoms with Gasteiger partial charge in [-0.1, -0.05) is 49.6 Å². The molecule has 0 saturated heterocycles. The molecule has 4 nitrogen and oxygen atoms in total. The summed E-state index contributed by atoms with van der Waals surface area (Å²) in [5.41, 5.74) is 9.51. The maximum Gasteiger partial charge on any atom is 0.253 e. The molecule has 0 fully saturated rings. The van der Waals surface area contributed by atoms with Gasteiger partial charge >= 0.3 is 0 Å². The second-order valence-electron chi connectivity index (χ2n) is 5.88. The van der Waals surface area contributed by atoms with Crippen molar-refractivity contribution in [3.05, 3.63) is 53.9 Å². The Morgan fingerprint density at radius 1 is 1.16 bits per heavy atom. The number of hydrogen-bond acceptors (Lipinski definition) is 3. The lowest BCUT2D eigenvalue weighted by Gasteiger charge is -2.16. The van der Waals surface area contributed by atoms with Crippen LogP contribution in [0, 0.1) is 6.92 Å². The van der Waals surface area contributed by atoms with Crippen LogP contribution in [0.2, 0.25) is 0 Å². The number of rotatable bonds is 7. The Balaban J connectivity index is 0.00000288. The number of aromatic nitrogens is 1. The number of pyridine rings is 1. The summed E-state index contributed by atoms with van der Waals surface area (Å²) in [6.07, 6.45) is 6.43. The van der Waals surface area contributed by atoms with Crippen LogP contribution in [0.1, 0.15) is 42.1 Å². The lowest BCUT2D eigenvalue weighted by atomic mass is 10.0. The van der Waals surface area contributed by atoms with Crippen LogP contribution in [-0.2, 0) is 0 Å². The third-order valence-electron chi connectivity index (χ3n) is 3.91. The minimum absolute atomic E-state index is 0. The van der Waals surface area contributed by atoms with Gasteiger partial charge in [-0.15, -0.1) is 24.8 Å². The predicted octanol–water partition coefficient (Wildman–Crippen LogP) is 4.15. The highest BCUT2D eigenvalue weighted by Crippen LogP contribution is 2.20. The first kappa shape index (κ1) is 23.4. The maximum absolute atomic E-state index is 12.4. The largest absolute Gasteiger partial charge is 0.348 e. The summed E-state index contributed by atoms with van der Waals surface area (Å²) in [4.78, 5) is 16.6. The summed E-state index contributed by atoms with van der Waals surface area (Å²) in [5, 5.41) is 3.00. The fourth-order valence-electron chi connectivity index (χ4n) is 2.44. The molecule has 0 spiro atoms. The number of halogens is 2. The summed E-state index contributed by atoms with van der Waals surface area (Å²) in [5.74, 6) is -0.113. The zero-order valence-electron chi connectivity index (χ0n) is 14.7. The highest BCUT2D eigenvalue weighted by molar-refractivity contribution is 5.95. The van der Waals surface area contributed by atoms with E-state index >= 15 is 0 Å². The number of unbranched alkanes of at least 4 members (excludes halogenated alkanes) is 1. The minimum Gasteiger partial charge on any atom is -0.348 e. The van der Waals surface area contributed by atoms with Gasteiger partial charge in [0, 0.05) is 30.5 Å². The van der Waals surface area contributed by atoms with Crippen LogP contribution >= 0.6 is 24.8 Å². The van der Waals surface area contributed by atoms with E-state index in [-0.39, 0.29) is 36.8 Å². The first-order valence-corrected chi connectivity index (χ1v) is 8.17. The van der Waals surface area contributed by atoms with E-state index in [0.29, 0.717) is 12.1 Å². The molecule has 138 valence electrons. The third kappa shape index (κ3) is 7.02. The second kappa shape index (κ2) is 11.9. The molecule has 6 heteroatoms. The number of hydrogen-bond donors (Lipinski definition) is 2. The molecule has 3 N–H and O–H groups in total. The van der Waals surface area contributed by atoms with Crippen LogP contribution in [0.15, 0.2) is 42.7 Å². The van der Waals surface area contributed by atoms with Crippen LogP contribution < -0.4 is 11.1 Å². The van der Waals surface area contributed by atoms with Crippen molar-refractivity contribution in [2.45, 2.75) is 39.2 Å². The summed E-state index contributed by atoms with van der Waals surface area (Å²) < 4.78 is 0. The van der Waals surface area contributed by atoms with E-state index in [4.69, 9.17) is 5.73 Å². The normalized spacial score (nSPS) is 11.0. The molecule has 0 aliphatic rings. The van der Waals surface area contributed by atoms with E-state index in [1.54, 1.807) is 12.4 Å². The molecular formula is C19H27Cl2N3O. The fourth-order valence-corrected chi connectivity index (χ4v) is 2.44. The van der Waals surface area contributed by atoms with E-state index in [9.17, 15) is 4.79 Å². The molecule has 2 aromatic rings. The van der Waals surface area contributed by atoms with Gasteiger partial charge in [0.25, 0.3) is 5.91 Å². The molecule has 0 aliphatic carbocycles. The number of nitrogens with zero attached hydrogens (tertiary/aromatic N) is 1. The Labute approximate surface area is 162 Å². The number of aryl methyl sites for hydroxylation is 1. The summed E-state index contributed by atoms with van der Waals surface area (Å²) >= 11 is 0. The van der Waals surface area contributed by atoms with E-state index in [0.717, 1.165) is 30.4 Å². The van der Waals surface area contributed by atoms with Crippen molar-refractivity contribution in [3.8, 4) is 11.1 Å². The van der Waals surface area contributed by atoms with Gasteiger partial charge in [-0.2, -0.15) is 0 Å². The predicted molar refractivity (Wildman–Crippen MR) is 109 cm³/mol. The Hall–Kier alpha value is -1.62. The van der Waals surface area contributed by atoms with E-state index in [2.05, 4.69) is 36.3 Å². The lowest BCUT2D eigenvalue weighted by Crippen LogP contribution is -2.40. The number of nitrogens with two attached hydrogens (primary N) is 1. The molecule has 1 heterocycles. The minimum atomic E-state index is -0.113. The van der Waals surface area contributed by atoms with Gasteiger partial charge in [-0.25, -0.2) is 0 Å². The Bertz CT molecular complexity index is 647. The van der Waals surface area contributed by atoms with Gasteiger partial charge < -0.3 is 11.1 Å². The fraction of sp³-hybridized carbons (Fsp3) is 0.368. The molecule has 25 heavy (non-hydrogen) atoms. The molecule has 0 saturated carbocycles. The number of amides is 1. The number of nitrogens with one attached hydrogen (secondary N) is 1. The Kier molecular flexibility index (Phi) is 11.1. The lowest BCUT2D eigenvalue weighted by molar-refractivity contribution is 0.0935. The van der Waals surface area contributed by atoms with Crippen LogP contribution in [-0.4, -0.2) is 23.5 Å². The van der Waals surface area contributed by atoms with E-state index < -0.39 is 0 Å². The van der Waals surface area contributed by atoms with Gasteiger partial charge in [-0.3, -0.25) is 9.78 Å². The molecule has 0 bridgehead atoms. The smallest absolute Gasteiger partial charge is 0.253 e. The van der Waals surface area contributed by atoms with Gasteiger partial charge in [0.1, 0.15) is 0 Å². The molecular weight excluding hydrogens is 357 g/mol. The molecule has 1 aromatic carbocycles. The average Bonchev–Trinajstić information content (AvgIpc) is 2.59. The molecule has 1 atom stereocenters. The second-order valence-corrected chi connectivity index (χ2v) is 5.88. The quantitative estimate of drug-likeness (QED) is 0.754. The van der Waals surface area contributed by atoms with Crippen molar-refractivity contribution in [2.75, 3.05) is 6.54 Å². The highest BCUT2D eigenvalue weighted by Gasteiger charge is 2.13.